The molecule has 1 heterocycles. The molecule has 8 nitrogen and oxygen atoms in total. The Balaban J connectivity index is 1.60. The summed E-state index contributed by atoms with van der Waals surface area (Å²) in [4.78, 5) is 21.9. The molecular formula is C31H34N6O2. The van der Waals surface area contributed by atoms with Crippen LogP contribution in [0.15, 0.2) is 91.0 Å². The highest BCUT2D eigenvalue weighted by atomic mass is 16.5. The van der Waals surface area contributed by atoms with E-state index in [0.29, 0.717) is 29.4 Å². The Hall–Kier alpha value is -4.72. The number of aryl methyl sites for hydroxylation is 2. The van der Waals surface area contributed by atoms with Crippen LogP contribution in [-0.2, 0) is 29.6 Å². The van der Waals surface area contributed by atoms with E-state index in [1.165, 1.54) is 11.1 Å². The lowest BCUT2D eigenvalue weighted by molar-refractivity contribution is -0.123. The molecule has 39 heavy (non-hydrogen) atoms. The number of amides is 1. The molecule has 6 N–H and O–H groups in total. The number of nitrogens with zero attached hydrogens (tertiary/aromatic N) is 2. The van der Waals surface area contributed by atoms with Crippen molar-refractivity contribution in [2.75, 3.05) is 6.61 Å². The molecule has 1 aromatic heterocycles. The maximum atomic E-state index is 12.3. The Morgan fingerprint density at radius 1 is 0.872 bits per heavy atom. The molecule has 0 saturated carbocycles. The molecule has 4 aromatic rings. The van der Waals surface area contributed by atoms with Gasteiger partial charge in [0.2, 0.25) is 11.8 Å². The molecule has 0 bridgehead atoms. The Morgan fingerprint density at radius 3 is 2.18 bits per heavy atom. The van der Waals surface area contributed by atoms with E-state index in [1.54, 1.807) is 25.1 Å². The van der Waals surface area contributed by atoms with Crippen molar-refractivity contribution in [2.45, 2.75) is 38.1 Å². The van der Waals surface area contributed by atoms with Gasteiger partial charge in [-0.2, -0.15) is 4.98 Å². The van der Waals surface area contributed by atoms with Gasteiger partial charge in [-0.05, 0) is 48.9 Å². The average molecular weight is 523 g/mol. The minimum Gasteiger partial charge on any atom is -0.477 e. The van der Waals surface area contributed by atoms with Gasteiger partial charge in [-0.25, -0.2) is 4.98 Å². The van der Waals surface area contributed by atoms with Crippen molar-refractivity contribution in [3.63, 3.8) is 0 Å². The number of guanidine groups is 1. The van der Waals surface area contributed by atoms with E-state index in [4.69, 9.17) is 31.6 Å². The topological polar surface area (TPSA) is 140 Å². The van der Waals surface area contributed by atoms with E-state index < -0.39 is 11.4 Å². The maximum Gasteiger partial charge on any atom is 0.247 e. The van der Waals surface area contributed by atoms with Crippen molar-refractivity contribution >= 4 is 11.9 Å². The third-order valence-electron chi connectivity index (χ3n) is 6.56. The molecule has 3 aromatic carbocycles. The van der Waals surface area contributed by atoms with Crippen LogP contribution < -0.4 is 21.5 Å². The number of nitrogens with two attached hydrogens (primary N) is 2. The van der Waals surface area contributed by atoms with E-state index in [-0.39, 0.29) is 5.96 Å². The Labute approximate surface area is 229 Å². The molecule has 0 aliphatic carbocycles. The molecule has 4 rings (SSSR count). The van der Waals surface area contributed by atoms with Crippen LogP contribution in [0.1, 0.15) is 35.7 Å². The lowest BCUT2D eigenvalue weighted by Crippen LogP contribution is -2.54. The molecule has 0 spiro atoms. The second-order valence-electron chi connectivity index (χ2n) is 9.55. The Kier molecular flexibility index (Phi) is 8.89. The largest absolute Gasteiger partial charge is 0.477 e. The van der Waals surface area contributed by atoms with Crippen molar-refractivity contribution in [2.24, 2.45) is 11.5 Å². The predicted molar refractivity (Wildman–Crippen MR) is 153 cm³/mol. The van der Waals surface area contributed by atoms with Crippen molar-refractivity contribution in [1.29, 1.82) is 5.41 Å². The summed E-state index contributed by atoms with van der Waals surface area (Å²) in [6.07, 6.45) is 3.37. The molecule has 8 heteroatoms. The Morgan fingerprint density at radius 2 is 1.54 bits per heavy atom. The van der Waals surface area contributed by atoms with Gasteiger partial charge >= 0.3 is 0 Å². The summed E-state index contributed by atoms with van der Waals surface area (Å²) in [5.74, 6) is -0.0307. The number of hydrogen-bond donors (Lipinski definition) is 4. The predicted octanol–water partition coefficient (Wildman–Crippen LogP) is 4.12. The number of ether oxygens (including phenoxy) is 1. The van der Waals surface area contributed by atoms with E-state index in [0.717, 1.165) is 31.4 Å². The van der Waals surface area contributed by atoms with Crippen molar-refractivity contribution in [3.05, 3.63) is 113 Å². The van der Waals surface area contributed by atoms with Gasteiger partial charge in [0.1, 0.15) is 5.54 Å². The summed E-state index contributed by atoms with van der Waals surface area (Å²) in [5, 5.41) is 10.3. The van der Waals surface area contributed by atoms with Crippen LogP contribution >= 0.6 is 0 Å². The first-order valence-corrected chi connectivity index (χ1v) is 12.9. The number of carbonyl (C=O) groups is 1. The third kappa shape index (κ3) is 7.41. The zero-order chi connectivity index (χ0) is 27.7. The maximum absolute atomic E-state index is 12.3. The number of benzene rings is 3. The second-order valence-corrected chi connectivity index (χ2v) is 9.55. The first kappa shape index (κ1) is 27.3. The summed E-state index contributed by atoms with van der Waals surface area (Å²) < 4.78 is 6.08. The van der Waals surface area contributed by atoms with Crippen LogP contribution in [0, 0.1) is 5.41 Å². The fourth-order valence-electron chi connectivity index (χ4n) is 4.35. The van der Waals surface area contributed by atoms with Crippen LogP contribution in [0.5, 0.6) is 5.88 Å². The van der Waals surface area contributed by atoms with Gasteiger partial charge in [0.15, 0.2) is 11.8 Å². The standard InChI is InChI=1S/C31H34N6O2/c1-31(29(32)38,37-30(33)34)25-16-9-15-24(20-25)28-35-26(17-8-14-22-10-4-2-5-11-22)21-27(36-28)39-19-18-23-12-6-3-7-13-23/h2-7,9-13,15-16,20-21H,8,14,17-19H2,1H3,(H2,32,38)(H4,33,34,37). The number of primary amides is 1. The third-order valence-corrected chi connectivity index (χ3v) is 6.56. The minimum atomic E-state index is -1.37. The van der Waals surface area contributed by atoms with Crippen LogP contribution in [-0.4, -0.2) is 28.4 Å². The van der Waals surface area contributed by atoms with Gasteiger partial charge in [0.05, 0.1) is 6.61 Å². The zero-order valence-electron chi connectivity index (χ0n) is 22.1. The molecule has 0 fully saturated rings. The molecule has 1 amide bonds. The highest BCUT2D eigenvalue weighted by Gasteiger charge is 2.34. The number of hydrogen-bond acceptors (Lipinski definition) is 5. The number of carbonyl (C=O) groups excluding carboxylic acids is 1. The van der Waals surface area contributed by atoms with Gasteiger partial charge in [0.25, 0.3) is 0 Å². The smallest absolute Gasteiger partial charge is 0.247 e. The lowest BCUT2D eigenvalue weighted by atomic mass is 9.90. The molecule has 0 saturated heterocycles. The molecule has 0 aliphatic rings. The first-order valence-electron chi connectivity index (χ1n) is 12.9. The van der Waals surface area contributed by atoms with Crippen molar-refractivity contribution in [3.8, 4) is 17.3 Å². The molecule has 0 radical (unpaired) electrons. The molecular weight excluding hydrogens is 488 g/mol. The highest BCUT2D eigenvalue weighted by molar-refractivity contribution is 5.91. The van der Waals surface area contributed by atoms with E-state index in [1.807, 2.05) is 48.5 Å². The van der Waals surface area contributed by atoms with E-state index in [9.17, 15) is 4.79 Å². The van der Waals surface area contributed by atoms with Crippen LogP contribution in [0.3, 0.4) is 0 Å². The van der Waals surface area contributed by atoms with Crippen LogP contribution in [0.4, 0.5) is 0 Å². The van der Waals surface area contributed by atoms with Crippen molar-refractivity contribution in [1.82, 2.24) is 15.3 Å². The quantitative estimate of drug-likeness (QED) is 0.163. The molecule has 1 atom stereocenters. The molecule has 0 aliphatic heterocycles. The molecule has 1 unspecified atom stereocenters. The summed E-state index contributed by atoms with van der Waals surface area (Å²) in [6.45, 7) is 2.07. The zero-order valence-corrected chi connectivity index (χ0v) is 22.1. The van der Waals surface area contributed by atoms with Gasteiger partial charge < -0.3 is 21.5 Å². The second kappa shape index (κ2) is 12.7. The van der Waals surface area contributed by atoms with Gasteiger partial charge in [-0.15, -0.1) is 0 Å². The van der Waals surface area contributed by atoms with Crippen molar-refractivity contribution < 1.29 is 9.53 Å². The van der Waals surface area contributed by atoms with E-state index in [2.05, 4.69) is 29.6 Å². The fraction of sp³-hybridized carbons (Fsp3) is 0.226. The lowest BCUT2D eigenvalue weighted by Gasteiger charge is -2.28. The summed E-state index contributed by atoms with van der Waals surface area (Å²) in [5.41, 5.74) is 14.4. The van der Waals surface area contributed by atoms with Crippen LogP contribution in [0.2, 0.25) is 0 Å². The SMILES string of the molecule is CC(NC(=N)N)(C(N)=O)c1cccc(-c2nc(CCCc3ccccc3)cc(OCCc3ccccc3)n2)c1. The number of nitrogens with one attached hydrogen (secondary N) is 2. The fourth-order valence-corrected chi connectivity index (χ4v) is 4.35. The summed E-state index contributed by atoms with van der Waals surface area (Å²) >= 11 is 0. The van der Waals surface area contributed by atoms with Gasteiger partial charge in [-0.1, -0.05) is 78.9 Å². The normalized spacial score (nSPS) is 12.3. The number of rotatable bonds is 12. The van der Waals surface area contributed by atoms with Crippen LogP contribution in [0.25, 0.3) is 11.4 Å². The highest BCUT2D eigenvalue weighted by Crippen LogP contribution is 2.27. The first-order chi connectivity index (χ1) is 18.8. The summed E-state index contributed by atoms with van der Waals surface area (Å²) in [6, 6.07) is 29.6. The monoisotopic (exact) mass is 522 g/mol. The van der Waals surface area contributed by atoms with Gasteiger partial charge in [-0.3, -0.25) is 10.2 Å². The Bertz CT molecular complexity index is 1350. The minimum absolute atomic E-state index is 0.354. The molecule has 200 valence electrons. The van der Waals surface area contributed by atoms with E-state index >= 15 is 0 Å². The summed E-state index contributed by atoms with van der Waals surface area (Å²) in [7, 11) is 0. The van der Waals surface area contributed by atoms with Gasteiger partial charge in [0, 0.05) is 23.7 Å². The number of aromatic nitrogens is 2. The average Bonchev–Trinajstić information content (AvgIpc) is 2.94.